The Kier molecular flexibility index (Phi) is 4.59. The molecule has 1 aromatic carbocycles. The highest BCUT2D eigenvalue weighted by molar-refractivity contribution is 6.08. The van der Waals surface area contributed by atoms with E-state index in [-0.39, 0.29) is 18.0 Å². The van der Waals surface area contributed by atoms with E-state index in [0.717, 1.165) is 0 Å². The minimum atomic E-state index is -1.06. The molecule has 1 atom stereocenters. The average molecular weight is 250 g/mol. The number of carboxylic acid groups (broad SMARTS) is 1. The Morgan fingerprint density at radius 2 is 1.67 bits per heavy atom. The van der Waals surface area contributed by atoms with Gasteiger partial charge in [-0.15, -0.1) is 0 Å². The number of carbonyl (C=O) groups excluding carboxylic acids is 2. The lowest BCUT2D eigenvalue weighted by Crippen LogP contribution is -2.23. The van der Waals surface area contributed by atoms with Crippen molar-refractivity contribution in [3.05, 3.63) is 35.4 Å². The fraction of sp³-hybridized carbons (Fsp3) is 0.308. The first-order valence-corrected chi connectivity index (χ1v) is 5.51. The van der Waals surface area contributed by atoms with E-state index in [0.29, 0.717) is 5.56 Å². The molecule has 96 valence electrons. The standard InChI is InChI=1S/C13H14O5/c1-3-18-13(17)8(2)11(14)9-4-6-10(7-5-9)12(15)16/h4-8H,3H2,1-2H3,(H,15,16). The van der Waals surface area contributed by atoms with Crippen LogP contribution in [0.5, 0.6) is 0 Å². The third-order valence-electron chi connectivity index (χ3n) is 2.45. The number of carboxylic acids is 1. The van der Waals surface area contributed by atoms with Crippen molar-refractivity contribution < 1.29 is 24.2 Å². The molecule has 0 radical (unpaired) electrons. The van der Waals surface area contributed by atoms with Crippen LogP contribution in [-0.4, -0.2) is 29.4 Å². The van der Waals surface area contributed by atoms with Crippen LogP contribution in [-0.2, 0) is 9.53 Å². The van der Waals surface area contributed by atoms with Gasteiger partial charge in [-0.05, 0) is 26.0 Å². The Morgan fingerprint density at radius 3 is 2.11 bits per heavy atom. The van der Waals surface area contributed by atoms with Gasteiger partial charge >= 0.3 is 11.9 Å². The maximum atomic E-state index is 11.9. The molecular formula is C13H14O5. The van der Waals surface area contributed by atoms with Gasteiger partial charge in [0.25, 0.3) is 0 Å². The quantitative estimate of drug-likeness (QED) is 0.489. The van der Waals surface area contributed by atoms with Gasteiger partial charge in [-0.3, -0.25) is 9.59 Å². The number of esters is 1. The Labute approximate surface area is 104 Å². The zero-order valence-corrected chi connectivity index (χ0v) is 10.2. The molecule has 0 aromatic heterocycles. The molecule has 0 saturated heterocycles. The molecule has 1 aromatic rings. The van der Waals surface area contributed by atoms with Crippen molar-refractivity contribution in [2.24, 2.45) is 5.92 Å². The number of rotatable bonds is 5. The highest BCUT2D eigenvalue weighted by Crippen LogP contribution is 2.12. The Morgan fingerprint density at radius 1 is 1.17 bits per heavy atom. The average Bonchev–Trinajstić information content (AvgIpc) is 2.37. The lowest BCUT2D eigenvalue weighted by molar-refractivity contribution is -0.145. The number of ether oxygens (including phenoxy) is 1. The summed E-state index contributed by atoms with van der Waals surface area (Å²) >= 11 is 0. The van der Waals surface area contributed by atoms with Crippen molar-refractivity contribution in [2.75, 3.05) is 6.61 Å². The van der Waals surface area contributed by atoms with Gasteiger partial charge in [0.15, 0.2) is 5.78 Å². The molecule has 0 aliphatic heterocycles. The number of carbonyl (C=O) groups is 3. The number of benzene rings is 1. The third kappa shape index (κ3) is 3.16. The van der Waals surface area contributed by atoms with E-state index in [1.807, 2.05) is 0 Å². The zero-order valence-electron chi connectivity index (χ0n) is 10.2. The number of ketones is 1. The Balaban J connectivity index is 2.84. The van der Waals surface area contributed by atoms with Crippen LogP contribution in [0.4, 0.5) is 0 Å². The van der Waals surface area contributed by atoms with Crippen LogP contribution in [0.2, 0.25) is 0 Å². The van der Waals surface area contributed by atoms with Gasteiger partial charge in [-0.2, -0.15) is 0 Å². The molecule has 0 aliphatic rings. The maximum absolute atomic E-state index is 11.9. The first-order valence-electron chi connectivity index (χ1n) is 5.51. The summed E-state index contributed by atoms with van der Waals surface area (Å²) in [6.45, 7) is 3.34. The van der Waals surface area contributed by atoms with Crippen molar-refractivity contribution in [3.63, 3.8) is 0 Å². The molecule has 5 nitrogen and oxygen atoms in total. The summed E-state index contributed by atoms with van der Waals surface area (Å²) in [5.41, 5.74) is 0.385. The number of hydrogen-bond acceptors (Lipinski definition) is 4. The first kappa shape index (κ1) is 13.9. The zero-order chi connectivity index (χ0) is 13.7. The molecule has 0 amide bonds. The van der Waals surface area contributed by atoms with Crippen LogP contribution in [0, 0.1) is 5.92 Å². The Bertz CT molecular complexity index is 461. The smallest absolute Gasteiger partial charge is 0.335 e. The molecule has 0 saturated carbocycles. The van der Waals surface area contributed by atoms with E-state index in [4.69, 9.17) is 9.84 Å². The van der Waals surface area contributed by atoms with E-state index in [9.17, 15) is 14.4 Å². The predicted octanol–water partition coefficient (Wildman–Crippen LogP) is 1.77. The second-order valence-corrected chi connectivity index (χ2v) is 3.72. The van der Waals surface area contributed by atoms with Gasteiger partial charge in [0.1, 0.15) is 5.92 Å². The molecule has 0 aliphatic carbocycles. The molecule has 18 heavy (non-hydrogen) atoms. The number of hydrogen-bond donors (Lipinski definition) is 1. The van der Waals surface area contributed by atoms with Gasteiger partial charge < -0.3 is 9.84 Å². The van der Waals surface area contributed by atoms with E-state index in [1.165, 1.54) is 31.2 Å². The number of Topliss-reactive ketones (excluding diaryl/α,β-unsaturated/α-hetero) is 1. The molecule has 1 unspecified atom stereocenters. The van der Waals surface area contributed by atoms with Crippen molar-refractivity contribution in [1.29, 1.82) is 0 Å². The molecule has 0 heterocycles. The van der Waals surface area contributed by atoms with Crippen LogP contribution in [0.1, 0.15) is 34.6 Å². The van der Waals surface area contributed by atoms with E-state index in [2.05, 4.69) is 0 Å². The van der Waals surface area contributed by atoms with E-state index >= 15 is 0 Å². The fourth-order valence-electron chi connectivity index (χ4n) is 1.40. The van der Waals surface area contributed by atoms with Crippen molar-refractivity contribution in [2.45, 2.75) is 13.8 Å². The fourth-order valence-corrected chi connectivity index (χ4v) is 1.40. The highest BCUT2D eigenvalue weighted by atomic mass is 16.5. The molecule has 1 N–H and O–H groups in total. The van der Waals surface area contributed by atoms with Crippen LogP contribution >= 0.6 is 0 Å². The second kappa shape index (κ2) is 5.95. The summed E-state index contributed by atoms with van der Waals surface area (Å²) in [7, 11) is 0. The summed E-state index contributed by atoms with van der Waals surface area (Å²) in [6.07, 6.45) is 0. The van der Waals surface area contributed by atoms with E-state index in [1.54, 1.807) is 6.92 Å². The van der Waals surface area contributed by atoms with Crippen LogP contribution in [0.25, 0.3) is 0 Å². The Hall–Kier alpha value is -2.17. The minimum Gasteiger partial charge on any atom is -0.478 e. The SMILES string of the molecule is CCOC(=O)C(C)C(=O)c1ccc(C(=O)O)cc1. The van der Waals surface area contributed by atoms with Gasteiger partial charge in [0.05, 0.1) is 12.2 Å². The van der Waals surface area contributed by atoms with Crippen LogP contribution in [0.3, 0.4) is 0 Å². The molecule has 1 rings (SSSR count). The molecular weight excluding hydrogens is 236 g/mol. The van der Waals surface area contributed by atoms with Gasteiger partial charge in [0, 0.05) is 5.56 Å². The monoisotopic (exact) mass is 250 g/mol. The number of aromatic carboxylic acids is 1. The maximum Gasteiger partial charge on any atom is 0.335 e. The van der Waals surface area contributed by atoms with E-state index < -0.39 is 17.9 Å². The van der Waals surface area contributed by atoms with Crippen LogP contribution < -0.4 is 0 Å². The molecule has 0 fully saturated rings. The summed E-state index contributed by atoms with van der Waals surface area (Å²) < 4.78 is 4.75. The van der Waals surface area contributed by atoms with Crippen molar-refractivity contribution in [3.8, 4) is 0 Å². The second-order valence-electron chi connectivity index (χ2n) is 3.72. The van der Waals surface area contributed by atoms with Gasteiger partial charge in [-0.1, -0.05) is 12.1 Å². The molecule has 0 spiro atoms. The lowest BCUT2D eigenvalue weighted by atomic mass is 9.98. The summed E-state index contributed by atoms with van der Waals surface area (Å²) in [5, 5.41) is 8.72. The summed E-state index contributed by atoms with van der Waals surface area (Å²) in [6, 6.07) is 5.43. The molecule has 5 heteroatoms. The van der Waals surface area contributed by atoms with Crippen molar-refractivity contribution in [1.82, 2.24) is 0 Å². The van der Waals surface area contributed by atoms with Gasteiger partial charge in [-0.25, -0.2) is 4.79 Å². The van der Waals surface area contributed by atoms with Crippen molar-refractivity contribution >= 4 is 17.7 Å². The largest absolute Gasteiger partial charge is 0.478 e. The first-order chi connectivity index (χ1) is 8.47. The normalized spacial score (nSPS) is 11.7. The van der Waals surface area contributed by atoms with Crippen LogP contribution in [0.15, 0.2) is 24.3 Å². The third-order valence-corrected chi connectivity index (χ3v) is 2.45. The summed E-state index contributed by atoms with van der Waals surface area (Å²) in [5.74, 6) is -2.91. The molecule has 0 bridgehead atoms. The minimum absolute atomic E-state index is 0.0929. The lowest BCUT2D eigenvalue weighted by Gasteiger charge is -2.09. The van der Waals surface area contributed by atoms with Gasteiger partial charge in [0.2, 0.25) is 0 Å². The predicted molar refractivity (Wildman–Crippen MR) is 63.5 cm³/mol. The summed E-state index contributed by atoms with van der Waals surface area (Å²) in [4.78, 5) is 33.9. The highest BCUT2D eigenvalue weighted by Gasteiger charge is 2.23. The topological polar surface area (TPSA) is 80.7 Å².